The maximum Gasteiger partial charge on any atom is 0.255 e. The molecule has 0 heterocycles. The second-order valence-corrected chi connectivity index (χ2v) is 2.62. The molecular weight excluding hydrogens is 198 g/mol. The molecule has 15 heavy (non-hydrogen) atoms. The summed E-state index contributed by atoms with van der Waals surface area (Å²) in [5.41, 5.74) is 11.6. The molecule has 1 amide bonds. The van der Waals surface area contributed by atoms with Gasteiger partial charge in [0, 0.05) is 25.9 Å². The van der Waals surface area contributed by atoms with Gasteiger partial charge in [-0.25, -0.2) is 5.90 Å². The van der Waals surface area contributed by atoms with Gasteiger partial charge in [-0.15, -0.1) is 0 Å². The molecule has 0 aromatic carbocycles. The fourth-order valence-corrected chi connectivity index (χ4v) is 0.985. The van der Waals surface area contributed by atoms with Crippen LogP contribution in [-0.4, -0.2) is 26.6 Å². The number of hydrogen-bond acceptors (Lipinski definition) is 6. The first-order valence-corrected chi connectivity index (χ1v) is 4.24. The first-order chi connectivity index (χ1) is 7.12. The van der Waals surface area contributed by atoms with Crippen LogP contribution in [0.1, 0.15) is 0 Å². The zero-order valence-corrected chi connectivity index (χ0v) is 8.83. The molecule has 8 N–H and O–H groups in total. The van der Waals surface area contributed by atoms with E-state index in [2.05, 4.69) is 15.5 Å². The molecule has 86 valence electrons. The summed E-state index contributed by atoms with van der Waals surface area (Å²) in [6.45, 7) is 0.00162. The second kappa shape index (κ2) is 6.68. The standard InChI is InChI=1S/C8H17N5O2/c1-12-7(10)6(8(14)13-2)5(3-9)4-15-11/h3,12H,4,9-11H2,1-2H3,(H,13,14)/b5-3-,7-6-. The van der Waals surface area contributed by atoms with Crippen LogP contribution in [0.3, 0.4) is 0 Å². The van der Waals surface area contributed by atoms with E-state index in [4.69, 9.17) is 17.4 Å². The highest BCUT2D eigenvalue weighted by Gasteiger charge is 2.16. The van der Waals surface area contributed by atoms with Crippen molar-refractivity contribution in [3.63, 3.8) is 0 Å². The molecule has 0 aromatic heterocycles. The molecule has 0 saturated heterocycles. The number of nitrogens with two attached hydrogens (primary N) is 3. The number of hydrogen-bond donors (Lipinski definition) is 5. The van der Waals surface area contributed by atoms with E-state index >= 15 is 0 Å². The molecule has 0 aromatic rings. The predicted molar refractivity (Wildman–Crippen MR) is 56.7 cm³/mol. The number of carbonyl (C=O) groups is 1. The minimum absolute atomic E-state index is 0.00162. The summed E-state index contributed by atoms with van der Waals surface area (Å²) in [7, 11) is 3.08. The Labute approximate surface area is 88.3 Å². The van der Waals surface area contributed by atoms with Crippen molar-refractivity contribution in [3.05, 3.63) is 23.2 Å². The van der Waals surface area contributed by atoms with E-state index in [0.717, 1.165) is 0 Å². The lowest BCUT2D eigenvalue weighted by Crippen LogP contribution is -2.30. The largest absolute Gasteiger partial charge is 0.404 e. The maximum absolute atomic E-state index is 11.5. The van der Waals surface area contributed by atoms with Crippen LogP contribution in [0.25, 0.3) is 0 Å². The molecular formula is C8H17N5O2. The van der Waals surface area contributed by atoms with Crippen LogP contribution >= 0.6 is 0 Å². The van der Waals surface area contributed by atoms with Crippen molar-refractivity contribution >= 4 is 5.91 Å². The van der Waals surface area contributed by atoms with Crippen molar-refractivity contribution in [3.8, 4) is 0 Å². The summed E-state index contributed by atoms with van der Waals surface area (Å²) in [4.78, 5) is 15.9. The van der Waals surface area contributed by atoms with Crippen molar-refractivity contribution in [1.29, 1.82) is 0 Å². The zero-order valence-electron chi connectivity index (χ0n) is 8.83. The highest BCUT2D eigenvalue weighted by Crippen LogP contribution is 2.10. The Morgan fingerprint density at radius 1 is 1.40 bits per heavy atom. The Balaban J connectivity index is 5.19. The molecule has 0 spiro atoms. The summed E-state index contributed by atoms with van der Waals surface area (Å²) in [5.74, 6) is 4.75. The van der Waals surface area contributed by atoms with Crippen LogP contribution < -0.4 is 28.0 Å². The van der Waals surface area contributed by atoms with Gasteiger partial charge in [0.2, 0.25) is 0 Å². The SMILES string of the molecule is CNC(=O)C(=C(/N)NC)/C(=C\N)CON. The molecule has 0 rings (SSSR count). The van der Waals surface area contributed by atoms with E-state index in [9.17, 15) is 4.79 Å². The highest BCUT2D eigenvalue weighted by molar-refractivity contribution is 5.98. The number of carbonyl (C=O) groups excluding carboxylic acids is 1. The van der Waals surface area contributed by atoms with Gasteiger partial charge >= 0.3 is 0 Å². The van der Waals surface area contributed by atoms with Gasteiger partial charge in [-0.05, 0) is 0 Å². The molecule has 0 aliphatic carbocycles. The third kappa shape index (κ3) is 3.49. The van der Waals surface area contributed by atoms with E-state index in [1.165, 1.54) is 13.2 Å². The molecule has 0 unspecified atom stereocenters. The van der Waals surface area contributed by atoms with Gasteiger partial charge < -0.3 is 22.1 Å². The Kier molecular flexibility index (Phi) is 5.91. The van der Waals surface area contributed by atoms with Crippen molar-refractivity contribution in [2.75, 3.05) is 20.7 Å². The summed E-state index contributed by atoms with van der Waals surface area (Å²) in [6, 6.07) is 0. The average Bonchev–Trinajstić information content (AvgIpc) is 2.27. The zero-order chi connectivity index (χ0) is 11.8. The molecule has 0 aliphatic heterocycles. The van der Waals surface area contributed by atoms with Crippen molar-refractivity contribution in [2.45, 2.75) is 0 Å². The second-order valence-electron chi connectivity index (χ2n) is 2.62. The van der Waals surface area contributed by atoms with Crippen LogP contribution in [-0.2, 0) is 9.63 Å². The van der Waals surface area contributed by atoms with Gasteiger partial charge in [-0.2, -0.15) is 0 Å². The number of amides is 1. The van der Waals surface area contributed by atoms with E-state index in [1.807, 2.05) is 0 Å². The maximum atomic E-state index is 11.5. The monoisotopic (exact) mass is 215 g/mol. The van der Waals surface area contributed by atoms with E-state index in [1.54, 1.807) is 7.05 Å². The molecule has 7 nitrogen and oxygen atoms in total. The molecule has 0 aliphatic rings. The minimum Gasteiger partial charge on any atom is -0.404 e. The Morgan fingerprint density at radius 2 is 2.00 bits per heavy atom. The van der Waals surface area contributed by atoms with Gasteiger partial charge in [-0.1, -0.05) is 0 Å². The smallest absolute Gasteiger partial charge is 0.255 e. The fraction of sp³-hybridized carbons (Fsp3) is 0.375. The lowest BCUT2D eigenvalue weighted by atomic mass is 10.1. The van der Waals surface area contributed by atoms with E-state index in [0.29, 0.717) is 5.57 Å². The highest BCUT2D eigenvalue weighted by atomic mass is 16.6. The Hall–Kier alpha value is -1.73. The first kappa shape index (κ1) is 13.3. The van der Waals surface area contributed by atoms with Crippen molar-refractivity contribution in [2.24, 2.45) is 17.4 Å². The van der Waals surface area contributed by atoms with Gasteiger partial charge in [0.15, 0.2) is 0 Å². The predicted octanol–water partition coefficient (Wildman–Crippen LogP) is -2.14. The Bertz CT molecular complexity index is 285. The van der Waals surface area contributed by atoms with Gasteiger partial charge in [0.1, 0.15) is 5.82 Å². The lowest BCUT2D eigenvalue weighted by molar-refractivity contribution is -0.116. The summed E-state index contributed by atoms with van der Waals surface area (Å²) < 4.78 is 0. The normalized spacial score (nSPS) is 13.1. The van der Waals surface area contributed by atoms with Crippen LogP contribution in [0.5, 0.6) is 0 Å². The summed E-state index contributed by atoms with van der Waals surface area (Å²) >= 11 is 0. The van der Waals surface area contributed by atoms with Crippen molar-refractivity contribution in [1.82, 2.24) is 10.6 Å². The molecule has 0 saturated carbocycles. The Morgan fingerprint density at radius 3 is 2.33 bits per heavy atom. The number of likely N-dealkylation sites (N-methyl/N-ethyl adjacent to an activating group) is 1. The van der Waals surface area contributed by atoms with Crippen LogP contribution in [0.4, 0.5) is 0 Å². The van der Waals surface area contributed by atoms with E-state index < -0.39 is 0 Å². The third-order valence-corrected chi connectivity index (χ3v) is 1.75. The molecule has 0 fully saturated rings. The first-order valence-electron chi connectivity index (χ1n) is 4.24. The van der Waals surface area contributed by atoms with Crippen molar-refractivity contribution < 1.29 is 9.63 Å². The molecule has 7 heteroatoms. The number of nitrogens with one attached hydrogen (secondary N) is 2. The average molecular weight is 215 g/mol. The van der Waals surface area contributed by atoms with Gasteiger partial charge in [0.05, 0.1) is 12.2 Å². The van der Waals surface area contributed by atoms with Crippen LogP contribution in [0, 0.1) is 0 Å². The number of rotatable bonds is 5. The minimum atomic E-state index is -0.365. The van der Waals surface area contributed by atoms with Crippen LogP contribution in [0.2, 0.25) is 0 Å². The lowest BCUT2D eigenvalue weighted by Gasteiger charge is -2.12. The van der Waals surface area contributed by atoms with Gasteiger partial charge in [-0.3, -0.25) is 9.63 Å². The topological polar surface area (TPSA) is 128 Å². The third-order valence-electron chi connectivity index (χ3n) is 1.75. The summed E-state index contributed by atoms with van der Waals surface area (Å²) in [6.07, 6.45) is 1.22. The fourth-order valence-electron chi connectivity index (χ4n) is 0.985. The summed E-state index contributed by atoms with van der Waals surface area (Å²) in [5, 5.41) is 5.10. The quantitative estimate of drug-likeness (QED) is 0.202. The molecule has 0 bridgehead atoms. The van der Waals surface area contributed by atoms with E-state index in [-0.39, 0.29) is 23.9 Å². The molecule has 0 atom stereocenters. The molecule has 0 radical (unpaired) electrons. The van der Waals surface area contributed by atoms with Gasteiger partial charge in [0.25, 0.3) is 5.91 Å². The van der Waals surface area contributed by atoms with Crippen LogP contribution in [0.15, 0.2) is 23.2 Å².